The predicted octanol–water partition coefficient (Wildman–Crippen LogP) is -0.245. The number of primary amides is 1. The van der Waals surface area contributed by atoms with Crippen LogP contribution in [0, 0.1) is 0 Å². The number of carboxylic acid groups (broad SMARTS) is 1. The summed E-state index contributed by atoms with van der Waals surface area (Å²) >= 11 is 0. The first-order chi connectivity index (χ1) is 9.00. The van der Waals surface area contributed by atoms with Crippen LogP contribution in [0.3, 0.4) is 0 Å². The molecule has 1 aromatic carbocycles. The van der Waals surface area contributed by atoms with E-state index in [4.69, 9.17) is 15.6 Å². The smallest absolute Gasteiger partial charge is 0.305 e. The molecule has 0 atom stereocenters. The number of carbonyl (C=O) groups is 3. The second-order valence-corrected chi connectivity index (χ2v) is 3.65. The summed E-state index contributed by atoms with van der Waals surface area (Å²) in [4.78, 5) is 32.8. The Bertz CT molecular complexity index is 487. The Labute approximate surface area is 109 Å². The summed E-state index contributed by atoms with van der Waals surface area (Å²) in [5.74, 6) is -1.91. The zero-order chi connectivity index (χ0) is 14.3. The zero-order valence-electron chi connectivity index (χ0n) is 10.1. The van der Waals surface area contributed by atoms with Gasteiger partial charge in [0.1, 0.15) is 5.75 Å². The quantitative estimate of drug-likeness (QED) is 0.629. The maximum Gasteiger partial charge on any atom is 0.305 e. The van der Waals surface area contributed by atoms with E-state index in [0.717, 1.165) is 0 Å². The third kappa shape index (κ3) is 5.07. The average molecular weight is 266 g/mol. The van der Waals surface area contributed by atoms with Crippen LogP contribution in [-0.2, 0) is 9.59 Å². The van der Waals surface area contributed by atoms with Crippen LogP contribution in [0.15, 0.2) is 24.3 Å². The molecule has 102 valence electrons. The number of nitrogens with one attached hydrogen (secondary N) is 1. The third-order valence-electron chi connectivity index (χ3n) is 2.13. The van der Waals surface area contributed by atoms with E-state index in [-0.39, 0.29) is 30.9 Å². The van der Waals surface area contributed by atoms with Crippen molar-refractivity contribution in [3.8, 4) is 5.75 Å². The summed E-state index contributed by atoms with van der Waals surface area (Å²) < 4.78 is 5.10. The lowest BCUT2D eigenvalue weighted by Gasteiger charge is -2.10. The molecule has 7 heteroatoms. The molecular formula is C12H14N2O5. The SMILES string of the molecule is NC(=O)COc1ccccc1C(=O)NCCC(=O)O. The highest BCUT2D eigenvalue weighted by molar-refractivity contribution is 5.97. The van der Waals surface area contributed by atoms with Crippen molar-refractivity contribution in [3.63, 3.8) is 0 Å². The standard InChI is InChI=1S/C12H14N2O5/c13-10(15)7-19-9-4-2-1-3-8(9)12(18)14-6-5-11(16)17/h1-4H,5-7H2,(H2,13,15)(H,14,18)(H,16,17). The summed E-state index contributed by atoms with van der Waals surface area (Å²) in [6, 6.07) is 6.30. The molecule has 0 fully saturated rings. The maximum absolute atomic E-state index is 11.8. The summed E-state index contributed by atoms with van der Waals surface area (Å²) in [6.07, 6.45) is -0.171. The molecular weight excluding hydrogens is 252 g/mol. The Morgan fingerprint density at radius 2 is 1.95 bits per heavy atom. The van der Waals surface area contributed by atoms with Gasteiger partial charge in [-0.05, 0) is 12.1 Å². The highest BCUT2D eigenvalue weighted by atomic mass is 16.5. The number of nitrogens with two attached hydrogens (primary N) is 1. The fraction of sp³-hybridized carbons (Fsp3) is 0.250. The Balaban J connectivity index is 2.67. The van der Waals surface area contributed by atoms with Gasteiger partial charge in [0, 0.05) is 6.54 Å². The summed E-state index contributed by atoms with van der Waals surface area (Å²) in [6.45, 7) is -0.322. The fourth-order valence-corrected chi connectivity index (χ4v) is 1.31. The van der Waals surface area contributed by atoms with Gasteiger partial charge in [-0.1, -0.05) is 12.1 Å². The molecule has 0 saturated heterocycles. The van der Waals surface area contributed by atoms with E-state index in [1.165, 1.54) is 12.1 Å². The highest BCUT2D eigenvalue weighted by Gasteiger charge is 2.12. The van der Waals surface area contributed by atoms with Crippen molar-refractivity contribution in [2.24, 2.45) is 5.73 Å². The molecule has 0 radical (unpaired) electrons. The lowest BCUT2D eigenvalue weighted by Crippen LogP contribution is -2.27. The minimum Gasteiger partial charge on any atom is -0.483 e. The highest BCUT2D eigenvalue weighted by Crippen LogP contribution is 2.17. The number of hydrogen-bond acceptors (Lipinski definition) is 4. The molecule has 1 aromatic rings. The van der Waals surface area contributed by atoms with Gasteiger partial charge in [0.25, 0.3) is 11.8 Å². The fourth-order valence-electron chi connectivity index (χ4n) is 1.31. The molecule has 19 heavy (non-hydrogen) atoms. The van der Waals surface area contributed by atoms with Crippen molar-refractivity contribution in [3.05, 3.63) is 29.8 Å². The Hall–Kier alpha value is -2.57. The van der Waals surface area contributed by atoms with E-state index >= 15 is 0 Å². The molecule has 0 aromatic heterocycles. The van der Waals surface area contributed by atoms with Gasteiger partial charge in [0.2, 0.25) is 0 Å². The molecule has 0 bridgehead atoms. The second kappa shape index (κ2) is 7.00. The van der Waals surface area contributed by atoms with E-state index in [1.54, 1.807) is 12.1 Å². The summed E-state index contributed by atoms with van der Waals surface area (Å²) in [7, 11) is 0. The summed E-state index contributed by atoms with van der Waals surface area (Å²) in [5, 5.41) is 10.9. The number of carbonyl (C=O) groups excluding carboxylic acids is 2. The first kappa shape index (κ1) is 14.5. The number of rotatable bonds is 7. The van der Waals surface area contributed by atoms with Crippen LogP contribution in [0.4, 0.5) is 0 Å². The molecule has 1 rings (SSSR count). The molecule has 0 aliphatic heterocycles. The largest absolute Gasteiger partial charge is 0.483 e. The first-order valence-electron chi connectivity index (χ1n) is 5.51. The van der Waals surface area contributed by atoms with Gasteiger partial charge in [-0.15, -0.1) is 0 Å². The minimum absolute atomic E-state index is 0.0122. The Morgan fingerprint density at radius 3 is 2.58 bits per heavy atom. The topological polar surface area (TPSA) is 119 Å². The van der Waals surface area contributed by atoms with E-state index in [0.29, 0.717) is 0 Å². The van der Waals surface area contributed by atoms with Crippen molar-refractivity contribution < 1.29 is 24.2 Å². The van der Waals surface area contributed by atoms with Crippen LogP contribution in [-0.4, -0.2) is 36.0 Å². The van der Waals surface area contributed by atoms with Gasteiger partial charge in [0.05, 0.1) is 12.0 Å². The van der Waals surface area contributed by atoms with Crippen LogP contribution in [0.5, 0.6) is 5.75 Å². The minimum atomic E-state index is -1.00. The van der Waals surface area contributed by atoms with Crippen molar-refractivity contribution in [1.82, 2.24) is 5.32 Å². The maximum atomic E-state index is 11.8. The number of amides is 2. The second-order valence-electron chi connectivity index (χ2n) is 3.65. The lowest BCUT2D eigenvalue weighted by atomic mass is 10.2. The van der Waals surface area contributed by atoms with Gasteiger partial charge in [-0.2, -0.15) is 0 Å². The Morgan fingerprint density at radius 1 is 1.26 bits per heavy atom. The van der Waals surface area contributed by atoms with Crippen LogP contribution in [0.25, 0.3) is 0 Å². The average Bonchev–Trinajstić information content (AvgIpc) is 2.36. The molecule has 0 spiro atoms. The number of carboxylic acids is 1. The molecule has 0 heterocycles. The van der Waals surface area contributed by atoms with Gasteiger partial charge in [-0.3, -0.25) is 14.4 Å². The van der Waals surface area contributed by atoms with Crippen molar-refractivity contribution in [1.29, 1.82) is 0 Å². The van der Waals surface area contributed by atoms with Gasteiger partial charge in [0.15, 0.2) is 6.61 Å². The number of ether oxygens (including phenoxy) is 1. The van der Waals surface area contributed by atoms with E-state index in [2.05, 4.69) is 5.32 Å². The third-order valence-corrected chi connectivity index (χ3v) is 2.13. The normalized spacial score (nSPS) is 9.68. The lowest BCUT2D eigenvalue weighted by molar-refractivity contribution is -0.136. The van der Waals surface area contributed by atoms with E-state index < -0.39 is 17.8 Å². The monoisotopic (exact) mass is 266 g/mol. The van der Waals surface area contributed by atoms with E-state index in [1.807, 2.05) is 0 Å². The van der Waals surface area contributed by atoms with Crippen molar-refractivity contribution in [2.75, 3.05) is 13.2 Å². The Kier molecular flexibility index (Phi) is 5.34. The molecule has 7 nitrogen and oxygen atoms in total. The number of aliphatic carboxylic acids is 1. The zero-order valence-corrected chi connectivity index (χ0v) is 10.1. The van der Waals surface area contributed by atoms with Crippen molar-refractivity contribution >= 4 is 17.8 Å². The van der Waals surface area contributed by atoms with Gasteiger partial charge < -0.3 is 20.9 Å². The predicted molar refractivity (Wildman–Crippen MR) is 65.7 cm³/mol. The number of para-hydroxylation sites is 1. The first-order valence-corrected chi connectivity index (χ1v) is 5.51. The van der Waals surface area contributed by atoms with Crippen LogP contribution in [0.2, 0.25) is 0 Å². The van der Waals surface area contributed by atoms with Crippen LogP contribution >= 0.6 is 0 Å². The molecule has 0 aliphatic carbocycles. The molecule has 2 amide bonds. The molecule has 0 aliphatic rings. The van der Waals surface area contributed by atoms with Crippen LogP contribution in [0.1, 0.15) is 16.8 Å². The summed E-state index contributed by atoms with van der Waals surface area (Å²) in [5.41, 5.74) is 5.17. The molecule has 4 N–H and O–H groups in total. The van der Waals surface area contributed by atoms with E-state index in [9.17, 15) is 14.4 Å². The van der Waals surface area contributed by atoms with Gasteiger partial charge >= 0.3 is 5.97 Å². The van der Waals surface area contributed by atoms with Crippen LogP contribution < -0.4 is 15.8 Å². The van der Waals surface area contributed by atoms with Crippen molar-refractivity contribution in [2.45, 2.75) is 6.42 Å². The molecule has 0 saturated carbocycles. The number of benzene rings is 1. The molecule has 0 unspecified atom stereocenters. The van der Waals surface area contributed by atoms with Gasteiger partial charge in [-0.25, -0.2) is 0 Å². The number of hydrogen-bond donors (Lipinski definition) is 3.